The fourth-order valence-corrected chi connectivity index (χ4v) is 2.85. The second kappa shape index (κ2) is 5.72. The van der Waals surface area contributed by atoms with Crippen LogP contribution in [0.5, 0.6) is 0 Å². The third-order valence-electron chi connectivity index (χ3n) is 3.87. The van der Waals surface area contributed by atoms with Gasteiger partial charge in [-0.15, -0.1) is 0 Å². The zero-order valence-corrected chi connectivity index (χ0v) is 10.9. The van der Waals surface area contributed by atoms with Gasteiger partial charge in [0, 0.05) is 12.3 Å². The van der Waals surface area contributed by atoms with Gasteiger partial charge in [0.1, 0.15) is 12.1 Å². The van der Waals surface area contributed by atoms with Gasteiger partial charge in [0.05, 0.1) is 13.2 Å². The summed E-state index contributed by atoms with van der Waals surface area (Å²) >= 11 is 0. The van der Waals surface area contributed by atoms with E-state index in [0.717, 1.165) is 19.4 Å². The molecule has 2 fully saturated rings. The molecule has 0 spiro atoms. The van der Waals surface area contributed by atoms with E-state index >= 15 is 0 Å². The molecule has 1 aromatic rings. The van der Waals surface area contributed by atoms with Crippen LogP contribution in [0.4, 0.5) is 0 Å². The van der Waals surface area contributed by atoms with Gasteiger partial charge in [0.2, 0.25) is 0 Å². The van der Waals surface area contributed by atoms with E-state index in [0.29, 0.717) is 13.2 Å². The summed E-state index contributed by atoms with van der Waals surface area (Å²) in [5, 5.41) is 3.26. The maximum atomic E-state index is 12.2. The largest absolute Gasteiger partial charge is 0.459 e. The zero-order valence-electron chi connectivity index (χ0n) is 10.9. The first-order valence-electron chi connectivity index (χ1n) is 6.91. The molecule has 1 N–H and O–H groups in total. The van der Waals surface area contributed by atoms with Crippen LogP contribution in [0.15, 0.2) is 30.3 Å². The van der Waals surface area contributed by atoms with Gasteiger partial charge in [0.25, 0.3) is 0 Å². The summed E-state index contributed by atoms with van der Waals surface area (Å²) in [5.74, 6) is 0.0814. The van der Waals surface area contributed by atoms with E-state index in [1.165, 1.54) is 5.56 Å². The first kappa shape index (κ1) is 12.6. The van der Waals surface area contributed by atoms with Gasteiger partial charge in [-0.2, -0.15) is 0 Å². The van der Waals surface area contributed by atoms with Crippen LogP contribution in [-0.4, -0.2) is 37.9 Å². The van der Waals surface area contributed by atoms with Crippen molar-refractivity contribution in [3.05, 3.63) is 35.9 Å². The molecule has 0 bridgehead atoms. The predicted octanol–water partition coefficient (Wildman–Crippen LogP) is 1.46. The molecule has 0 saturated carbocycles. The second-order valence-electron chi connectivity index (χ2n) is 5.16. The van der Waals surface area contributed by atoms with Crippen molar-refractivity contribution >= 4 is 5.97 Å². The van der Waals surface area contributed by atoms with Crippen LogP contribution in [0.25, 0.3) is 0 Å². The molecule has 102 valence electrons. The van der Waals surface area contributed by atoms with Gasteiger partial charge in [-0.05, 0) is 18.5 Å². The lowest BCUT2D eigenvalue weighted by Crippen LogP contribution is -2.38. The molecule has 19 heavy (non-hydrogen) atoms. The quantitative estimate of drug-likeness (QED) is 0.837. The van der Waals surface area contributed by atoms with Gasteiger partial charge in [-0.1, -0.05) is 30.3 Å². The molecule has 2 heterocycles. The van der Waals surface area contributed by atoms with E-state index in [-0.39, 0.29) is 24.0 Å². The van der Waals surface area contributed by atoms with Crippen LogP contribution in [-0.2, 0) is 14.3 Å². The van der Waals surface area contributed by atoms with Gasteiger partial charge in [0.15, 0.2) is 0 Å². The lowest BCUT2D eigenvalue weighted by Gasteiger charge is -2.20. The average molecular weight is 261 g/mol. The van der Waals surface area contributed by atoms with Crippen LogP contribution < -0.4 is 5.32 Å². The normalized spacial score (nSPS) is 30.4. The summed E-state index contributed by atoms with van der Waals surface area (Å²) in [6.07, 6.45) is 1.73. The number of rotatable bonds is 3. The summed E-state index contributed by atoms with van der Waals surface area (Å²) in [7, 11) is 0. The highest BCUT2D eigenvalue weighted by Gasteiger charge is 2.36. The van der Waals surface area contributed by atoms with Crippen LogP contribution in [0, 0.1) is 0 Å². The number of esters is 1. The fourth-order valence-electron chi connectivity index (χ4n) is 2.85. The third-order valence-corrected chi connectivity index (χ3v) is 3.87. The fraction of sp³-hybridized carbons (Fsp3) is 0.533. The lowest BCUT2D eigenvalue weighted by molar-refractivity contribution is -0.151. The summed E-state index contributed by atoms with van der Waals surface area (Å²) in [5.41, 5.74) is 1.21. The van der Waals surface area contributed by atoms with Gasteiger partial charge in [-0.3, -0.25) is 4.79 Å². The Balaban J connectivity index is 1.67. The van der Waals surface area contributed by atoms with Crippen molar-refractivity contribution in [2.45, 2.75) is 30.9 Å². The van der Waals surface area contributed by atoms with Gasteiger partial charge < -0.3 is 14.8 Å². The molecule has 3 rings (SSSR count). The van der Waals surface area contributed by atoms with Crippen molar-refractivity contribution in [3.8, 4) is 0 Å². The number of nitrogens with one attached hydrogen (secondary N) is 1. The first-order chi connectivity index (χ1) is 9.34. The Kier molecular flexibility index (Phi) is 3.80. The molecule has 2 aliphatic heterocycles. The molecule has 4 nitrogen and oxygen atoms in total. The van der Waals surface area contributed by atoms with Crippen molar-refractivity contribution in [1.29, 1.82) is 0 Å². The Morgan fingerprint density at radius 2 is 2.11 bits per heavy atom. The highest BCUT2D eigenvalue weighted by Crippen LogP contribution is 2.28. The molecule has 0 aromatic heterocycles. The van der Waals surface area contributed by atoms with E-state index in [1.807, 2.05) is 18.2 Å². The van der Waals surface area contributed by atoms with Crippen LogP contribution >= 0.6 is 0 Å². The van der Waals surface area contributed by atoms with E-state index in [9.17, 15) is 4.79 Å². The van der Waals surface area contributed by atoms with E-state index in [4.69, 9.17) is 9.47 Å². The monoisotopic (exact) mass is 261 g/mol. The zero-order chi connectivity index (χ0) is 13.1. The number of hydrogen-bond donors (Lipinski definition) is 1. The molecule has 0 amide bonds. The van der Waals surface area contributed by atoms with E-state index < -0.39 is 0 Å². The number of hydrogen-bond acceptors (Lipinski definition) is 4. The molecular formula is C15H19NO3. The van der Waals surface area contributed by atoms with Crippen molar-refractivity contribution in [2.24, 2.45) is 0 Å². The highest BCUT2D eigenvalue weighted by molar-refractivity contribution is 5.78. The molecule has 2 aliphatic rings. The van der Waals surface area contributed by atoms with Crippen molar-refractivity contribution in [1.82, 2.24) is 5.32 Å². The third kappa shape index (κ3) is 2.80. The number of carbonyl (C=O) groups excluding carboxylic acids is 1. The number of ether oxygens (including phenoxy) is 2. The molecule has 0 aliphatic carbocycles. The summed E-state index contributed by atoms with van der Waals surface area (Å²) < 4.78 is 10.8. The number of benzene rings is 1. The second-order valence-corrected chi connectivity index (χ2v) is 5.16. The Hall–Kier alpha value is -1.39. The minimum Gasteiger partial charge on any atom is -0.459 e. The van der Waals surface area contributed by atoms with Gasteiger partial charge >= 0.3 is 5.97 Å². The Morgan fingerprint density at radius 1 is 1.26 bits per heavy atom. The van der Waals surface area contributed by atoms with Crippen LogP contribution in [0.2, 0.25) is 0 Å². The molecule has 3 atom stereocenters. The highest BCUT2D eigenvalue weighted by atomic mass is 16.6. The standard InChI is InChI=1S/C15H19NO3/c17-15(19-12-7-9-18-10-12)14-13(6-8-16-14)11-4-2-1-3-5-11/h1-5,12-14,16H,6-10H2/t12-,13-,14?/m1/s1. The molecular weight excluding hydrogens is 242 g/mol. The van der Waals surface area contributed by atoms with Gasteiger partial charge in [-0.25, -0.2) is 0 Å². The van der Waals surface area contributed by atoms with Crippen molar-refractivity contribution < 1.29 is 14.3 Å². The van der Waals surface area contributed by atoms with E-state index in [2.05, 4.69) is 17.4 Å². The Bertz CT molecular complexity index is 428. The molecule has 1 aromatic carbocycles. The summed E-state index contributed by atoms with van der Waals surface area (Å²) in [6, 6.07) is 9.97. The number of carbonyl (C=O) groups is 1. The van der Waals surface area contributed by atoms with Crippen LogP contribution in [0.1, 0.15) is 24.3 Å². The SMILES string of the molecule is O=C(O[C@@H]1CCOC1)C1NCC[C@@H]1c1ccccc1. The van der Waals surface area contributed by atoms with Crippen molar-refractivity contribution in [2.75, 3.05) is 19.8 Å². The van der Waals surface area contributed by atoms with E-state index in [1.54, 1.807) is 0 Å². The average Bonchev–Trinajstić information content (AvgIpc) is 3.10. The maximum Gasteiger partial charge on any atom is 0.324 e. The smallest absolute Gasteiger partial charge is 0.324 e. The minimum absolute atomic E-state index is 0.0636. The summed E-state index contributed by atoms with van der Waals surface area (Å²) in [4.78, 5) is 12.2. The van der Waals surface area contributed by atoms with Crippen LogP contribution in [0.3, 0.4) is 0 Å². The summed E-state index contributed by atoms with van der Waals surface area (Å²) in [6.45, 7) is 2.09. The Labute approximate surface area is 113 Å². The molecule has 2 saturated heterocycles. The minimum atomic E-state index is -0.219. The molecule has 4 heteroatoms. The lowest BCUT2D eigenvalue weighted by atomic mass is 9.92. The van der Waals surface area contributed by atoms with Crippen molar-refractivity contribution in [3.63, 3.8) is 0 Å². The first-order valence-corrected chi connectivity index (χ1v) is 6.91. The predicted molar refractivity (Wildman–Crippen MR) is 70.9 cm³/mol. The molecule has 0 radical (unpaired) electrons. The maximum absolute atomic E-state index is 12.2. The topological polar surface area (TPSA) is 47.6 Å². The Morgan fingerprint density at radius 3 is 2.84 bits per heavy atom. The molecule has 1 unspecified atom stereocenters.